The maximum absolute atomic E-state index is 13.0. The average Bonchev–Trinajstić information content (AvgIpc) is 3.11. The third-order valence-corrected chi connectivity index (χ3v) is 4.44. The Morgan fingerprint density at radius 2 is 1.81 bits per heavy atom. The molecule has 0 saturated carbocycles. The number of nitro groups is 1. The molecular weight excluding hydrogens is 343 g/mol. The standard InChI is InChI=1S/C18H15FN2O5/c19-15-3-1-11(2-4-15)12-5-6-20(10-12)17(22)13-7-14(18(23)24)9-16(8-13)21(25)26/h1-4,7-9,12H,5-6,10H2,(H,23,24). The molecule has 0 aromatic heterocycles. The molecule has 0 spiro atoms. The fourth-order valence-electron chi connectivity index (χ4n) is 3.10. The molecule has 0 bridgehead atoms. The van der Waals surface area contributed by atoms with E-state index in [1.165, 1.54) is 17.0 Å². The van der Waals surface area contributed by atoms with Crippen molar-refractivity contribution < 1.29 is 24.0 Å². The molecule has 2 aromatic rings. The van der Waals surface area contributed by atoms with Crippen LogP contribution in [-0.4, -0.2) is 39.9 Å². The van der Waals surface area contributed by atoms with Crippen LogP contribution in [0.2, 0.25) is 0 Å². The van der Waals surface area contributed by atoms with Gasteiger partial charge in [0.2, 0.25) is 0 Å². The third kappa shape index (κ3) is 3.53. The number of nitrogens with zero attached hydrogens (tertiary/aromatic N) is 2. The number of halogens is 1. The molecule has 1 fully saturated rings. The molecule has 2 aromatic carbocycles. The topological polar surface area (TPSA) is 101 Å². The molecule has 1 amide bonds. The monoisotopic (exact) mass is 358 g/mol. The van der Waals surface area contributed by atoms with Crippen LogP contribution < -0.4 is 0 Å². The van der Waals surface area contributed by atoms with Gasteiger partial charge in [0.25, 0.3) is 11.6 Å². The van der Waals surface area contributed by atoms with E-state index >= 15 is 0 Å². The Hall–Kier alpha value is -3.29. The second kappa shape index (κ2) is 6.91. The van der Waals surface area contributed by atoms with E-state index in [-0.39, 0.29) is 22.9 Å². The summed E-state index contributed by atoms with van der Waals surface area (Å²) in [5.41, 5.74) is 0.127. The molecule has 1 aliphatic heterocycles. The van der Waals surface area contributed by atoms with Crippen LogP contribution in [0.15, 0.2) is 42.5 Å². The van der Waals surface area contributed by atoms with E-state index in [1.807, 2.05) is 0 Å². The van der Waals surface area contributed by atoms with Crippen molar-refractivity contribution in [3.8, 4) is 0 Å². The Labute approximate surface area is 147 Å². The molecule has 1 unspecified atom stereocenters. The Morgan fingerprint density at radius 3 is 2.42 bits per heavy atom. The van der Waals surface area contributed by atoms with Crippen molar-refractivity contribution in [1.29, 1.82) is 0 Å². The van der Waals surface area contributed by atoms with Gasteiger partial charge in [0.1, 0.15) is 5.82 Å². The van der Waals surface area contributed by atoms with Gasteiger partial charge in [-0.1, -0.05) is 12.1 Å². The number of likely N-dealkylation sites (tertiary alicyclic amines) is 1. The van der Waals surface area contributed by atoms with Crippen molar-refractivity contribution >= 4 is 17.6 Å². The van der Waals surface area contributed by atoms with Gasteiger partial charge in [0, 0.05) is 36.7 Å². The third-order valence-electron chi connectivity index (χ3n) is 4.44. The number of hydrogen-bond acceptors (Lipinski definition) is 4. The van der Waals surface area contributed by atoms with Crippen LogP contribution in [0, 0.1) is 15.9 Å². The first kappa shape index (κ1) is 17.5. The van der Waals surface area contributed by atoms with Crippen molar-refractivity contribution in [3.05, 3.63) is 75.1 Å². The minimum atomic E-state index is -1.34. The first-order valence-electron chi connectivity index (χ1n) is 7.92. The quantitative estimate of drug-likeness (QED) is 0.669. The van der Waals surface area contributed by atoms with E-state index < -0.39 is 22.5 Å². The Bertz CT molecular complexity index is 849. The van der Waals surface area contributed by atoms with Crippen molar-refractivity contribution in [3.63, 3.8) is 0 Å². The zero-order valence-electron chi connectivity index (χ0n) is 13.6. The zero-order valence-corrected chi connectivity index (χ0v) is 13.6. The van der Waals surface area contributed by atoms with Gasteiger partial charge in [-0.05, 0) is 30.2 Å². The van der Waals surface area contributed by atoms with Crippen LogP contribution in [0.1, 0.15) is 38.6 Å². The highest BCUT2D eigenvalue weighted by molar-refractivity contribution is 5.98. The Balaban J connectivity index is 1.82. The van der Waals surface area contributed by atoms with Crippen LogP contribution >= 0.6 is 0 Å². The van der Waals surface area contributed by atoms with Gasteiger partial charge in [-0.15, -0.1) is 0 Å². The lowest BCUT2D eigenvalue weighted by Gasteiger charge is -2.17. The summed E-state index contributed by atoms with van der Waals surface area (Å²) < 4.78 is 13.0. The van der Waals surface area contributed by atoms with Gasteiger partial charge in [-0.2, -0.15) is 0 Å². The summed E-state index contributed by atoms with van der Waals surface area (Å²) in [7, 11) is 0. The minimum absolute atomic E-state index is 0.0312. The molecular formula is C18H15FN2O5. The van der Waals surface area contributed by atoms with E-state index in [9.17, 15) is 24.1 Å². The smallest absolute Gasteiger partial charge is 0.335 e. The van der Waals surface area contributed by atoms with Crippen LogP contribution in [0.3, 0.4) is 0 Å². The summed E-state index contributed by atoms with van der Waals surface area (Å²) in [6.07, 6.45) is 0.679. The highest BCUT2D eigenvalue weighted by Crippen LogP contribution is 2.29. The van der Waals surface area contributed by atoms with Crippen molar-refractivity contribution in [1.82, 2.24) is 4.90 Å². The van der Waals surface area contributed by atoms with E-state index in [0.717, 1.165) is 23.8 Å². The predicted molar refractivity (Wildman–Crippen MR) is 89.7 cm³/mol. The molecule has 3 rings (SSSR count). The molecule has 134 valence electrons. The number of aromatic carboxylic acids is 1. The first-order chi connectivity index (χ1) is 12.3. The minimum Gasteiger partial charge on any atom is -0.478 e. The summed E-state index contributed by atoms with van der Waals surface area (Å²) in [4.78, 5) is 35.6. The summed E-state index contributed by atoms with van der Waals surface area (Å²) in [5, 5.41) is 20.1. The predicted octanol–water partition coefficient (Wildman–Crippen LogP) is 3.06. The van der Waals surface area contributed by atoms with Gasteiger partial charge in [-0.25, -0.2) is 9.18 Å². The molecule has 26 heavy (non-hydrogen) atoms. The van der Waals surface area contributed by atoms with Crippen molar-refractivity contribution in [2.75, 3.05) is 13.1 Å². The number of nitro benzene ring substituents is 1. The summed E-state index contributed by atoms with van der Waals surface area (Å²) >= 11 is 0. The number of amides is 1. The van der Waals surface area contributed by atoms with Crippen molar-refractivity contribution in [2.24, 2.45) is 0 Å². The molecule has 8 heteroatoms. The zero-order chi connectivity index (χ0) is 18.8. The van der Waals surface area contributed by atoms with Crippen LogP contribution in [0.5, 0.6) is 0 Å². The fourth-order valence-corrected chi connectivity index (χ4v) is 3.10. The van der Waals surface area contributed by atoms with Gasteiger partial charge < -0.3 is 10.0 Å². The maximum atomic E-state index is 13.0. The second-order valence-electron chi connectivity index (χ2n) is 6.12. The molecule has 7 nitrogen and oxygen atoms in total. The van der Waals surface area contributed by atoms with Gasteiger partial charge >= 0.3 is 5.97 Å². The second-order valence-corrected chi connectivity index (χ2v) is 6.12. The summed E-state index contributed by atoms with van der Waals surface area (Å²) in [6.45, 7) is 0.821. The fraction of sp³-hybridized carbons (Fsp3) is 0.222. The number of carboxylic acid groups (broad SMARTS) is 1. The number of carboxylic acids is 1. The van der Waals surface area contributed by atoms with E-state index in [4.69, 9.17) is 5.11 Å². The van der Waals surface area contributed by atoms with Gasteiger partial charge in [0.05, 0.1) is 10.5 Å². The van der Waals surface area contributed by atoms with Crippen LogP contribution in [-0.2, 0) is 0 Å². The molecule has 1 aliphatic rings. The summed E-state index contributed by atoms with van der Waals surface area (Å²) in [6, 6.07) is 9.21. The molecule has 1 N–H and O–H groups in total. The largest absolute Gasteiger partial charge is 0.478 e. The lowest BCUT2D eigenvalue weighted by atomic mass is 9.98. The SMILES string of the molecule is O=C(O)c1cc(C(=O)N2CCC(c3ccc(F)cc3)C2)cc([N+](=O)[O-])c1. The van der Waals surface area contributed by atoms with E-state index in [0.29, 0.717) is 19.5 Å². The number of rotatable bonds is 4. The Morgan fingerprint density at radius 1 is 1.15 bits per heavy atom. The summed E-state index contributed by atoms with van der Waals surface area (Å²) in [5.74, 6) is -2.09. The first-order valence-corrected chi connectivity index (χ1v) is 7.92. The van der Waals surface area contributed by atoms with Gasteiger partial charge in [-0.3, -0.25) is 14.9 Å². The highest BCUT2D eigenvalue weighted by Gasteiger charge is 2.29. The molecule has 0 aliphatic carbocycles. The average molecular weight is 358 g/mol. The van der Waals surface area contributed by atoms with E-state index in [2.05, 4.69) is 0 Å². The number of non-ortho nitro benzene ring substituents is 1. The Kier molecular flexibility index (Phi) is 4.66. The number of hydrogen-bond donors (Lipinski definition) is 1. The van der Waals surface area contributed by atoms with E-state index in [1.54, 1.807) is 12.1 Å². The number of benzene rings is 2. The lowest BCUT2D eigenvalue weighted by molar-refractivity contribution is -0.384. The maximum Gasteiger partial charge on any atom is 0.335 e. The normalized spacial score (nSPS) is 16.5. The molecule has 1 atom stereocenters. The number of carbonyl (C=O) groups is 2. The highest BCUT2D eigenvalue weighted by atomic mass is 19.1. The molecule has 1 saturated heterocycles. The molecule has 0 radical (unpaired) electrons. The molecule has 1 heterocycles. The van der Waals surface area contributed by atoms with Gasteiger partial charge in [0.15, 0.2) is 0 Å². The lowest BCUT2D eigenvalue weighted by Crippen LogP contribution is -2.28. The number of carbonyl (C=O) groups excluding carboxylic acids is 1. The van der Waals surface area contributed by atoms with Crippen LogP contribution in [0.25, 0.3) is 0 Å². The van der Waals surface area contributed by atoms with Crippen molar-refractivity contribution in [2.45, 2.75) is 12.3 Å². The van der Waals surface area contributed by atoms with Crippen LogP contribution in [0.4, 0.5) is 10.1 Å².